The van der Waals surface area contributed by atoms with Crippen molar-refractivity contribution in [2.45, 2.75) is 13.8 Å². The number of hydrogen-bond donors (Lipinski definition) is 2. The number of carbonyl (C=O) groups excluding carboxylic acids is 3. The van der Waals surface area contributed by atoms with Crippen LogP contribution in [0.4, 0.5) is 5.69 Å². The highest BCUT2D eigenvalue weighted by atomic mass is 16.5. The van der Waals surface area contributed by atoms with E-state index in [1.807, 2.05) is 13.0 Å². The van der Waals surface area contributed by atoms with Gasteiger partial charge in [-0.05, 0) is 31.5 Å². The number of benzene rings is 1. The first-order valence-corrected chi connectivity index (χ1v) is 8.97. The molecule has 0 bridgehead atoms. The molecule has 28 heavy (non-hydrogen) atoms. The lowest BCUT2D eigenvalue weighted by Gasteiger charge is -2.20. The molecule has 0 aliphatic heterocycles. The van der Waals surface area contributed by atoms with Crippen LogP contribution in [0.1, 0.15) is 12.5 Å². The average molecular weight is 395 g/mol. The summed E-state index contributed by atoms with van der Waals surface area (Å²) in [5, 5.41) is 5.25. The molecule has 2 amide bonds. The van der Waals surface area contributed by atoms with Gasteiger partial charge in [0.05, 0.1) is 45.6 Å². The van der Waals surface area contributed by atoms with Gasteiger partial charge in [-0.25, -0.2) is 0 Å². The molecule has 0 atom stereocenters. The van der Waals surface area contributed by atoms with Crippen LogP contribution in [0, 0.1) is 6.92 Å². The fraction of sp³-hybridized carbons (Fsp3) is 0.526. The zero-order chi connectivity index (χ0) is 20.9. The van der Waals surface area contributed by atoms with Gasteiger partial charge in [-0.2, -0.15) is 0 Å². The number of nitrogens with zero attached hydrogens (tertiary/aromatic N) is 1. The van der Waals surface area contributed by atoms with E-state index in [4.69, 9.17) is 14.2 Å². The highest BCUT2D eigenvalue weighted by Crippen LogP contribution is 2.24. The monoisotopic (exact) mass is 395 g/mol. The second-order valence-corrected chi connectivity index (χ2v) is 6.04. The number of ether oxygens (including phenoxy) is 3. The molecule has 2 N–H and O–H groups in total. The molecule has 0 radical (unpaired) electrons. The standard InChI is InChI=1S/C19H29N3O6/c1-5-28-19(25)13-22(8-9-26-3)12-18(24)20-11-17(23)21-15-10-14(2)6-7-16(15)27-4/h6-7,10H,5,8-9,11-13H2,1-4H3,(H,20,24)(H,21,23). The maximum Gasteiger partial charge on any atom is 0.320 e. The fourth-order valence-corrected chi connectivity index (χ4v) is 2.38. The van der Waals surface area contributed by atoms with E-state index in [9.17, 15) is 14.4 Å². The van der Waals surface area contributed by atoms with Gasteiger partial charge in [0.2, 0.25) is 11.8 Å². The van der Waals surface area contributed by atoms with E-state index >= 15 is 0 Å². The Morgan fingerprint density at radius 2 is 1.86 bits per heavy atom. The van der Waals surface area contributed by atoms with Crippen LogP contribution in [0.15, 0.2) is 18.2 Å². The first kappa shape index (κ1) is 23.4. The van der Waals surface area contributed by atoms with Crippen molar-refractivity contribution in [2.24, 2.45) is 0 Å². The molecule has 0 saturated heterocycles. The SMILES string of the molecule is CCOC(=O)CN(CCOC)CC(=O)NCC(=O)Nc1cc(C)ccc1OC. The molecule has 0 aromatic heterocycles. The summed E-state index contributed by atoms with van der Waals surface area (Å²) in [6.07, 6.45) is 0. The number of rotatable bonds is 12. The topological polar surface area (TPSA) is 106 Å². The van der Waals surface area contributed by atoms with Crippen molar-refractivity contribution in [1.82, 2.24) is 10.2 Å². The smallest absolute Gasteiger partial charge is 0.320 e. The summed E-state index contributed by atoms with van der Waals surface area (Å²) in [5.74, 6) is -0.654. The lowest BCUT2D eigenvalue weighted by atomic mass is 10.2. The van der Waals surface area contributed by atoms with E-state index in [0.29, 0.717) is 24.6 Å². The minimum absolute atomic E-state index is 0.0304. The van der Waals surface area contributed by atoms with Gasteiger partial charge in [-0.1, -0.05) is 6.07 Å². The number of amides is 2. The number of esters is 1. The van der Waals surface area contributed by atoms with Crippen molar-refractivity contribution in [3.63, 3.8) is 0 Å². The first-order chi connectivity index (χ1) is 13.4. The van der Waals surface area contributed by atoms with Gasteiger partial charge in [0.1, 0.15) is 5.75 Å². The summed E-state index contributed by atoms with van der Waals surface area (Å²) in [7, 11) is 3.05. The number of anilines is 1. The third-order valence-corrected chi connectivity index (χ3v) is 3.71. The van der Waals surface area contributed by atoms with Crippen molar-refractivity contribution >= 4 is 23.5 Å². The largest absolute Gasteiger partial charge is 0.495 e. The molecule has 9 nitrogen and oxygen atoms in total. The Morgan fingerprint density at radius 1 is 1.11 bits per heavy atom. The lowest BCUT2D eigenvalue weighted by Crippen LogP contribution is -2.43. The number of nitrogens with one attached hydrogen (secondary N) is 2. The van der Waals surface area contributed by atoms with Crippen molar-refractivity contribution < 1.29 is 28.6 Å². The summed E-state index contributed by atoms with van der Waals surface area (Å²) in [4.78, 5) is 37.5. The minimum atomic E-state index is -0.421. The van der Waals surface area contributed by atoms with Crippen molar-refractivity contribution in [2.75, 3.05) is 58.9 Å². The number of methoxy groups -OCH3 is 2. The van der Waals surface area contributed by atoms with Crippen LogP contribution >= 0.6 is 0 Å². The third kappa shape index (κ3) is 8.83. The third-order valence-electron chi connectivity index (χ3n) is 3.71. The molecule has 0 aliphatic carbocycles. The summed E-state index contributed by atoms with van der Waals surface area (Å²) >= 11 is 0. The predicted octanol–water partition coefficient (Wildman–Crippen LogP) is 0.570. The van der Waals surface area contributed by atoms with Gasteiger partial charge in [0.25, 0.3) is 0 Å². The zero-order valence-corrected chi connectivity index (χ0v) is 16.9. The second-order valence-electron chi connectivity index (χ2n) is 6.04. The van der Waals surface area contributed by atoms with Gasteiger partial charge in [0, 0.05) is 13.7 Å². The summed E-state index contributed by atoms with van der Waals surface area (Å²) in [5.41, 5.74) is 1.50. The maximum atomic E-state index is 12.1. The van der Waals surface area contributed by atoms with Crippen LogP contribution in [0.2, 0.25) is 0 Å². The van der Waals surface area contributed by atoms with Gasteiger partial charge < -0.3 is 24.8 Å². The molecule has 0 fully saturated rings. The van der Waals surface area contributed by atoms with Gasteiger partial charge in [-0.3, -0.25) is 19.3 Å². The van der Waals surface area contributed by atoms with Crippen LogP contribution in [-0.2, 0) is 23.9 Å². The number of aryl methyl sites for hydroxylation is 1. The fourth-order valence-electron chi connectivity index (χ4n) is 2.38. The highest BCUT2D eigenvalue weighted by molar-refractivity contribution is 5.96. The zero-order valence-electron chi connectivity index (χ0n) is 16.9. The Balaban J connectivity index is 2.53. The molecule has 0 saturated carbocycles. The quantitative estimate of drug-likeness (QED) is 0.498. The first-order valence-electron chi connectivity index (χ1n) is 8.97. The van der Waals surface area contributed by atoms with Crippen LogP contribution in [0.3, 0.4) is 0 Å². The Bertz CT molecular complexity index is 665. The van der Waals surface area contributed by atoms with E-state index in [2.05, 4.69) is 10.6 Å². The van der Waals surface area contributed by atoms with Crippen molar-refractivity contribution in [3.05, 3.63) is 23.8 Å². The molecule has 156 valence electrons. The molecule has 0 unspecified atom stereocenters. The molecule has 1 aromatic rings. The Kier molecular flexibility index (Phi) is 10.6. The highest BCUT2D eigenvalue weighted by Gasteiger charge is 2.16. The lowest BCUT2D eigenvalue weighted by molar-refractivity contribution is -0.144. The number of carbonyl (C=O) groups is 3. The van der Waals surface area contributed by atoms with Crippen LogP contribution < -0.4 is 15.4 Å². The van der Waals surface area contributed by atoms with E-state index in [-0.39, 0.29) is 38.1 Å². The molecule has 0 aliphatic rings. The summed E-state index contributed by atoms with van der Waals surface area (Å²) in [6, 6.07) is 5.41. The second kappa shape index (κ2) is 12.7. The van der Waals surface area contributed by atoms with E-state index in [1.54, 1.807) is 24.0 Å². The molecular weight excluding hydrogens is 366 g/mol. The Hall–Kier alpha value is -2.65. The minimum Gasteiger partial charge on any atom is -0.495 e. The molecule has 0 heterocycles. The van der Waals surface area contributed by atoms with Crippen LogP contribution in [0.25, 0.3) is 0 Å². The normalized spacial score (nSPS) is 10.5. The van der Waals surface area contributed by atoms with Gasteiger partial charge >= 0.3 is 5.97 Å². The Labute approximate surface area is 165 Å². The summed E-state index contributed by atoms with van der Waals surface area (Å²) in [6.45, 7) is 4.34. The van der Waals surface area contributed by atoms with Crippen LogP contribution in [0.5, 0.6) is 5.75 Å². The molecular formula is C19H29N3O6. The van der Waals surface area contributed by atoms with E-state index in [0.717, 1.165) is 5.56 Å². The molecule has 9 heteroatoms. The van der Waals surface area contributed by atoms with Gasteiger partial charge in [0.15, 0.2) is 0 Å². The maximum absolute atomic E-state index is 12.1. The van der Waals surface area contributed by atoms with E-state index < -0.39 is 5.97 Å². The van der Waals surface area contributed by atoms with E-state index in [1.165, 1.54) is 14.2 Å². The predicted molar refractivity (Wildman–Crippen MR) is 104 cm³/mol. The van der Waals surface area contributed by atoms with Crippen LogP contribution in [-0.4, -0.2) is 76.3 Å². The molecule has 0 spiro atoms. The Morgan fingerprint density at radius 3 is 2.50 bits per heavy atom. The average Bonchev–Trinajstić information content (AvgIpc) is 2.65. The molecule has 1 aromatic carbocycles. The van der Waals surface area contributed by atoms with Gasteiger partial charge in [-0.15, -0.1) is 0 Å². The van der Waals surface area contributed by atoms with Crippen molar-refractivity contribution in [1.29, 1.82) is 0 Å². The summed E-state index contributed by atoms with van der Waals surface area (Å²) < 4.78 is 15.1. The number of hydrogen-bond acceptors (Lipinski definition) is 7. The molecule has 1 rings (SSSR count). The van der Waals surface area contributed by atoms with Crippen molar-refractivity contribution in [3.8, 4) is 5.75 Å².